The highest BCUT2D eigenvalue weighted by Gasteiger charge is 2.41. The van der Waals surface area contributed by atoms with Gasteiger partial charge < -0.3 is 34.5 Å². The molecule has 10 nitrogen and oxygen atoms in total. The van der Waals surface area contributed by atoms with Crippen molar-refractivity contribution in [2.75, 3.05) is 57.6 Å². The first-order chi connectivity index (χ1) is 20.2. The van der Waals surface area contributed by atoms with Gasteiger partial charge in [-0.25, -0.2) is 9.37 Å². The molecule has 0 amide bonds. The number of alkyl halides is 3. The minimum absolute atomic E-state index is 0.0438. The third-order valence-corrected chi connectivity index (χ3v) is 8.19. The molecule has 1 aromatic carbocycles. The number of halogens is 5. The molecule has 2 N–H and O–H groups in total. The quantitative estimate of drug-likeness (QED) is 0.327. The molecule has 4 atom stereocenters. The number of nitrogens with zero attached hydrogens (tertiary/aromatic N) is 5. The molecule has 5 heterocycles. The summed E-state index contributed by atoms with van der Waals surface area (Å²) in [6.45, 7) is 5.85. The fraction of sp³-hybridized carbons (Fsp3) is 0.536. The summed E-state index contributed by atoms with van der Waals surface area (Å²) in [6, 6.07) is 1.51. The van der Waals surface area contributed by atoms with E-state index in [0.29, 0.717) is 19.6 Å². The van der Waals surface area contributed by atoms with Crippen molar-refractivity contribution in [3.63, 3.8) is 0 Å². The third kappa shape index (κ3) is 5.49. The van der Waals surface area contributed by atoms with E-state index in [1.807, 2.05) is 25.8 Å². The number of aromatic nitrogens is 3. The van der Waals surface area contributed by atoms with E-state index in [1.54, 1.807) is 7.05 Å². The molecule has 2 fully saturated rings. The Kier molecular flexibility index (Phi) is 7.47. The second kappa shape index (κ2) is 10.8. The van der Waals surface area contributed by atoms with Crippen molar-refractivity contribution >= 4 is 34.0 Å². The molecule has 2 aromatic heterocycles. The molecule has 6 rings (SSSR count). The van der Waals surface area contributed by atoms with Crippen LogP contribution in [-0.2, 0) is 15.7 Å². The van der Waals surface area contributed by atoms with Crippen LogP contribution in [0.5, 0.6) is 11.9 Å². The van der Waals surface area contributed by atoms with E-state index in [-0.39, 0.29) is 59.7 Å². The van der Waals surface area contributed by atoms with Crippen molar-refractivity contribution in [1.82, 2.24) is 19.9 Å². The Morgan fingerprint density at radius 1 is 1.21 bits per heavy atom. The summed E-state index contributed by atoms with van der Waals surface area (Å²) in [7, 11) is 3.75. The van der Waals surface area contributed by atoms with Gasteiger partial charge in [0.25, 0.3) is 0 Å². The average molecular weight is 627 g/mol. The summed E-state index contributed by atoms with van der Waals surface area (Å²) in [4.78, 5) is 17.2. The highest BCUT2D eigenvalue weighted by atomic mass is 35.5. The van der Waals surface area contributed by atoms with Gasteiger partial charge in [0.05, 0.1) is 29.3 Å². The Morgan fingerprint density at radius 3 is 2.70 bits per heavy atom. The highest BCUT2D eigenvalue weighted by Crippen LogP contribution is 2.46. The summed E-state index contributed by atoms with van der Waals surface area (Å²) in [5.41, 5.74) is 2.12. The van der Waals surface area contributed by atoms with Crippen molar-refractivity contribution in [2.45, 2.75) is 50.3 Å². The van der Waals surface area contributed by atoms with Crippen molar-refractivity contribution in [3.8, 4) is 23.1 Å². The van der Waals surface area contributed by atoms with Gasteiger partial charge in [0, 0.05) is 38.0 Å². The number of nitrogen functional groups attached to an aromatic ring is 1. The molecule has 43 heavy (non-hydrogen) atoms. The number of nitrogens with two attached hydrogens (primary N) is 1. The number of hydrogen-bond acceptors (Lipinski definition) is 10. The summed E-state index contributed by atoms with van der Waals surface area (Å²) < 4.78 is 83.1. The zero-order valence-electron chi connectivity index (χ0n) is 24.0. The maximum atomic E-state index is 16.5. The molecule has 2 saturated heterocycles. The molecular weight excluding hydrogens is 596 g/mol. The van der Waals surface area contributed by atoms with Crippen molar-refractivity contribution in [3.05, 3.63) is 28.5 Å². The van der Waals surface area contributed by atoms with Gasteiger partial charge in [-0.15, -0.1) is 0 Å². The lowest BCUT2D eigenvalue weighted by molar-refractivity contribution is -0.149. The molecule has 2 unspecified atom stereocenters. The molecule has 3 aliphatic rings. The lowest BCUT2D eigenvalue weighted by Gasteiger charge is -2.41. The molecule has 0 aliphatic carbocycles. The third-order valence-electron chi connectivity index (χ3n) is 7.89. The maximum Gasteiger partial charge on any atom is 0.418 e. The van der Waals surface area contributed by atoms with E-state index in [2.05, 4.69) is 19.9 Å². The van der Waals surface area contributed by atoms with Crippen LogP contribution in [0.1, 0.15) is 25.8 Å². The summed E-state index contributed by atoms with van der Waals surface area (Å²) >= 11 is 5.99. The minimum atomic E-state index is -4.94. The maximum absolute atomic E-state index is 16.5. The summed E-state index contributed by atoms with van der Waals surface area (Å²) in [6.07, 6.45) is -4.99. The van der Waals surface area contributed by atoms with Gasteiger partial charge in [-0.3, -0.25) is 0 Å². The zero-order chi connectivity index (χ0) is 30.8. The van der Waals surface area contributed by atoms with Crippen LogP contribution in [-0.4, -0.2) is 90.7 Å². The number of pyridine rings is 1. The van der Waals surface area contributed by atoms with Crippen LogP contribution in [0.4, 0.5) is 29.1 Å². The number of hydrogen-bond donors (Lipinski definition) is 1. The van der Waals surface area contributed by atoms with Crippen LogP contribution >= 0.6 is 11.6 Å². The van der Waals surface area contributed by atoms with Gasteiger partial charge >= 0.3 is 12.2 Å². The fourth-order valence-corrected chi connectivity index (χ4v) is 6.61. The van der Waals surface area contributed by atoms with Gasteiger partial charge in [-0.1, -0.05) is 11.6 Å². The largest absolute Gasteiger partial charge is 0.469 e. The van der Waals surface area contributed by atoms with E-state index < -0.39 is 45.5 Å². The predicted molar refractivity (Wildman–Crippen MR) is 151 cm³/mol. The van der Waals surface area contributed by atoms with Gasteiger partial charge in [-0.05, 0) is 39.4 Å². The molecule has 0 saturated carbocycles. The first-order valence-corrected chi connectivity index (χ1v) is 14.2. The lowest BCUT2D eigenvalue weighted by Crippen LogP contribution is -2.54. The van der Waals surface area contributed by atoms with Gasteiger partial charge in [-0.2, -0.15) is 23.1 Å². The molecular formula is C28H31ClF4N6O4. The zero-order valence-corrected chi connectivity index (χ0v) is 24.7. The Labute approximate surface area is 250 Å². The summed E-state index contributed by atoms with van der Waals surface area (Å²) in [5, 5.41) is -0.592. The number of likely N-dealkylation sites (N-methyl/N-ethyl adjacent to an activating group) is 2. The van der Waals surface area contributed by atoms with E-state index >= 15 is 4.39 Å². The van der Waals surface area contributed by atoms with Gasteiger partial charge in [0.1, 0.15) is 40.7 Å². The molecule has 232 valence electrons. The van der Waals surface area contributed by atoms with Crippen LogP contribution in [0.3, 0.4) is 0 Å². The number of anilines is 2. The van der Waals surface area contributed by atoms with Crippen molar-refractivity contribution in [2.24, 2.45) is 0 Å². The first-order valence-electron chi connectivity index (χ1n) is 13.8. The van der Waals surface area contributed by atoms with E-state index in [9.17, 15) is 13.2 Å². The van der Waals surface area contributed by atoms with E-state index in [4.69, 9.17) is 36.3 Å². The molecule has 3 aromatic rings. The molecule has 0 spiro atoms. The Hall–Kier alpha value is -3.20. The SMILES string of the molecule is CC1CN(C)CC(C)(COc2nc3c4c(nc(-c5cc(N)cc(Cl)c5C(F)(F)F)c(F)c4n2)O[C@H]2COCC[C@@H]2N3C)O1. The van der Waals surface area contributed by atoms with E-state index in [0.717, 1.165) is 18.7 Å². The molecule has 3 aliphatic heterocycles. The van der Waals surface area contributed by atoms with Gasteiger partial charge in [0.2, 0.25) is 5.88 Å². The van der Waals surface area contributed by atoms with Crippen LogP contribution in [0.2, 0.25) is 5.02 Å². The Bertz CT molecular complexity index is 1570. The Morgan fingerprint density at radius 2 is 1.98 bits per heavy atom. The monoisotopic (exact) mass is 626 g/mol. The second-order valence-electron chi connectivity index (χ2n) is 11.6. The van der Waals surface area contributed by atoms with Crippen LogP contribution in [0.15, 0.2) is 12.1 Å². The van der Waals surface area contributed by atoms with Crippen LogP contribution in [0.25, 0.3) is 22.2 Å². The Balaban J connectivity index is 1.54. The fourth-order valence-electron chi connectivity index (χ4n) is 6.28. The minimum Gasteiger partial charge on any atom is -0.469 e. The molecule has 15 heteroatoms. The standard InChI is InChI=1S/C28H31ClF4N6O4/c1-13-9-38(3)11-27(2,43-13)12-41-26-36-23-19-24(37-26)39(4)17-5-6-40-10-18(17)42-25(19)35-22(21(23)30)15-7-14(34)8-16(29)20(15)28(31,32)33/h7-8,13,17-18H,5-6,9-12,34H2,1-4H3/t13?,17-,18-,27?/m0/s1. The van der Waals surface area contributed by atoms with Crippen LogP contribution in [0, 0.1) is 5.82 Å². The highest BCUT2D eigenvalue weighted by molar-refractivity contribution is 6.32. The number of benzene rings is 1. The number of ether oxygens (including phenoxy) is 4. The average Bonchev–Trinajstić information content (AvgIpc) is 3.02. The van der Waals surface area contributed by atoms with Crippen molar-refractivity contribution in [1.29, 1.82) is 0 Å². The number of fused-ring (bicyclic) bond motifs is 1. The predicted octanol–water partition coefficient (Wildman–Crippen LogP) is 4.56. The number of rotatable bonds is 4. The van der Waals surface area contributed by atoms with Crippen molar-refractivity contribution < 1.29 is 36.5 Å². The van der Waals surface area contributed by atoms with E-state index in [1.165, 1.54) is 0 Å². The second-order valence-corrected chi connectivity index (χ2v) is 12.0. The topological polar surface area (TPSA) is 108 Å². The normalized spacial score (nSPS) is 26.2. The summed E-state index contributed by atoms with van der Waals surface area (Å²) in [5.74, 6) is -1.00. The first kappa shape index (κ1) is 29.9. The lowest BCUT2D eigenvalue weighted by atomic mass is 10.0. The smallest absolute Gasteiger partial charge is 0.418 e. The van der Waals surface area contributed by atoms with Crippen LogP contribution < -0.4 is 20.1 Å². The van der Waals surface area contributed by atoms with Gasteiger partial charge in [0.15, 0.2) is 5.82 Å². The molecule has 0 radical (unpaired) electrons. The molecule has 0 bridgehead atoms. The number of morpholine rings is 1.